The SMILES string of the molecule is CCc1ccc(CC)c(C(NC)c2occc2C)c1. The zero-order chi connectivity index (χ0) is 13.8. The van der Waals surface area contributed by atoms with Crippen molar-refractivity contribution in [3.63, 3.8) is 0 Å². The Kier molecular flexibility index (Phi) is 4.43. The minimum absolute atomic E-state index is 0.136. The van der Waals surface area contributed by atoms with E-state index in [4.69, 9.17) is 4.42 Å². The molecule has 2 rings (SSSR count). The van der Waals surface area contributed by atoms with Gasteiger partial charge in [0.15, 0.2) is 0 Å². The molecule has 1 unspecified atom stereocenters. The maximum Gasteiger partial charge on any atom is 0.128 e. The van der Waals surface area contributed by atoms with Crippen molar-refractivity contribution in [2.45, 2.75) is 39.7 Å². The van der Waals surface area contributed by atoms with Crippen LogP contribution in [-0.4, -0.2) is 7.05 Å². The van der Waals surface area contributed by atoms with Crippen LogP contribution in [-0.2, 0) is 12.8 Å². The summed E-state index contributed by atoms with van der Waals surface area (Å²) < 4.78 is 5.68. The highest BCUT2D eigenvalue weighted by atomic mass is 16.3. The van der Waals surface area contributed by atoms with Gasteiger partial charge in [-0.3, -0.25) is 0 Å². The van der Waals surface area contributed by atoms with Crippen LogP contribution in [0, 0.1) is 6.92 Å². The van der Waals surface area contributed by atoms with Gasteiger partial charge in [0.05, 0.1) is 12.3 Å². The summed E-state index contributed by atoms with van der Waals surface area (Å²) in [5.41, 5.74) is 5.29. The first-order valence-corrected chi connectivity index (χ1v) is 7.04. The maximum absolute atomic E-state index is 5.68. The minimum atomic E-state index is 0.136. The molecule has 1 aromatic carbocycles. The molecule has 1 heterocycles. The molecule has 0 aliphatic rings. The van der Waals surface area contributed by atoms with Gasteiger partial charge in [0.2, 0.25) is 0 Å². The second-order valence-electron chi connectivity index (χ2n) is 4.93. The quantitative estimate of drug-likeness (QED) is 0.875. The van der Waals surface area contributed by atoms with E-state index in [0.29, 0.717) is 0 Å². The van der Waals surface area contributed by atoms with Gasteiger partial charge in [0, 0.05) is 0 Å². The van der Waals surface area contributed by atoms with E-state index >= 15 is 0 Å². The topological polar surface area (TPSA) is 25.2 Å². The number of rotatable bonds is 5. The molecule has 0 saturated carbocycles. The minimum Gasteiger partial charge on any atom is -0.467 e. The Balaban J connectivity index is 2.51. The summed E-state index contributed by atoms with van der Waals surface area (Å²) in [6.45, 7) is 6.49. The molecule has 1 N–H and O–H groups in total. The molecular formula is C17H23NO. The first-order valence-electron chi connectivity index (χ1n) is 7.04. The Labute approximate surface area is 115 Å². The lowest BCUT2D eigenvalue weighted by atomic mass is 9.93. The molecule has 2 heteroatoms. The average Bonchev–Trinajstić information content (AvgIpc) is 2.86. The van der Waals surface area contributed by atoms with E-state index in [1.807, 2.05) is 13.1 Å². The molecule has 0 amide bonds. The van der Waals surface area contributed by atoms with Crippen LogP contribution in [0.5, 0.6) is 0 Å². The van der Waals surface area contributed by atoms with Gasteiger partial charge in [0.1, 0.15) is 5.76 Å². The largest absolute Gasteiger partial charge is 0.467 e. The number of nitrogens with one attached hydrogen (secondary N) is 1. The Hall–Kier alpha value is -1.54. The summed E-state index contributed by atoms with van der Waals surface area (Å²) in [4.78, 5) is 0. The zero-order valence-corrected chi connectivity index (χ0v) is 12.3. The number of hydrogen-bond donors (Lipinski definition) is 1. The summed E-state index contributed by atoms with van der Waals surface area (Å²) in [5, 5.41) is 3.39. The molecule has 1 atom stereocenters. The van der Waals surface area contributed by atoms with Crippen LogP contribution in [0.1, 0.15) is 47.9 Å². The molecule has 2 aromatic rings. The van der Waals surface area contributed by atoms with Gasteiger partial charge >= 0.3 is 0 Å². The van der Waals surface area contributed by atoms with Crippen LogP contribution in [0.3, 0.4) is 0 Å². The van der Waals surface area contributed by atoms with Gasteiger partial charge in [-0.2, -0.15) is 0 Å². The highest BCUT2D eigenvalue weighted by molar-refractivity contribution is 5.39. The van der Waals surface area contributed by atoms with E-state index < -0.39 is 0 Å². The molecule has 0 saturated heterocycles. The summed E-state index contributed by atoms with van der Waals surface area (Å²) in [7, 11) is 1.99. The molecule has 1 aromatic heterocycles. The third-order valence-electron chi connectivity index (χ3n) is 3.76. The highest BCUT2D eigenvalue weighted by Crippen LogP contribution is 2.29. The number of aryl methyl sites for hydroxylation is 3. The summed E-state index contributed by atoms with van der Waals surface area (Å²) in [6, 6.07) is 8.94. The van der Waals surface area contributed by atoms with Crippen molar-refractivity contribution >= 4 is 0 Å². The predicted molar refractivity (Wildman–Crippen MR) is 79.5 cm³/mol. The number of furan rings is 1. The molecule has 102 valence electrons. The van der Waals surface area contributed by atoms with Gasteiger partial charge < -0.3 is 9.73 Å². The van der Waals surface area contributed by atoms with Crippen LogP contribution in [0.15, 0.2) is 34.9 Å². The standard InChI is InChI=1S/C17H23NO/c1-5-13-7-8-14(6-2)15(11-13)16(18-4)17-12(3)9-10-19-17/h7-11,16,18H,5-6H2,1-4H3. The third-order valence-corrected chi connectivity index (χ3v) is 3.76. The van der Waals surface area contributed by atoms with E-state index in [-0.39, 0.29) is 6.04 Å². The normalized spacial score (nSPS) is 12.6. The van der Waals surface area contributed by atoms with Crippen LogP contribution in [0.25, 0.3) is 0 Å². The Morgan fingerprint density at radius 1 is 1.16 bits per heavy atom. The molecule has 0 aliphatic heterocycles. The second-order valence-corrected chi connectivity index (χ2v) is 4.93. The van der Waals surface area contributed by atoms with Crippen LogP contribution in [0.4, 0.5) is 0 Å². The van der Waals surface area contributed by atoms with Crippen molar-refractivity contribution in [1.29, 1.82) is 0 Å². The monoisotopic (exact) mass is 257 g/mol. The number of benzene rings is 1. The lowest BCUT2D eigenvalue weighted by Crippen LogP contribution is -2.19. The van der Waals surface area contributed by atoms with Crippen molar-refractivity contribution in [2.24, 2.45) is 0 Å². The van der Waals surface area contributed by atoms with Crippen molar-refractivity contribution in [3.05, 3.63) is 58.5 Å². The molecule has 0 fully saturated rings. The first-order chi connectivity index (χ1) is 9.21. The van der Waals surface area contributed by atoms with Crippen molar-refractivity contribution in [1.82, 2.24) is 5.32 Å². The van der Waals surface area contributed by atoms with Crippen molar-refractivity contribution < 1.29 is 4.42 Å². The van der Waals surface area contributed by atoms with Gasteiger partial charge in [-0.15, -0.1) is 0 Å². The molecule has 19 heavy (non-hydrogen) atoms. The highest BCUT2D eigenvalue weighted by Gasteiger charge is 2.20. The fourth-order valence-corrected chi connectivity index (χ4v) is 2.56. The van der Waals surface area contributed by atoms with E-state index in [2.05, 4.69) is 44.3 Å². The summed E-state index contributed by atoms with van der Waals surface area (Å²) in [5.74, 6) is 1.02. The van der Waals surface area contributed by atoms with Crippen molar-refractivity contribution in [3.8, 4) is 0 Å². The fourth-order valence-electron chi connectivity index (χ4n) is 2.56. The maximum atomic E-state index is 5.68. The number of hydrogen-bond acceptors (Lipinski definition) is 2. The molecule has 0 spiro atoms. The van der Waals surface area contributed by atoms with Gasteiger partial charge in [-0.25, -0.2) is 0 Å². The molecule has 2 nitrogen and oxygen atoms in total. The van der Waals surface area contributed by atoms with Crippen LogP contribution in [0.2, 0.25) is 0 Å². The van der Waals surface area contributed by atoms with Gasteiger partial charge in [-0.05, 0) is 55.1 Å². The third kappa shape index (κ3) is 2.74. The average molecular weight is 257 g/mol. The lowest BCUT2D eigenvalue weighted by Gasteiger charge is -2.19. The first kappa shape index (κ1) is 13.9. The van der Waals surface area contributed by atoms with Crippen LogP contribution >= 0.6 is 0 Å². The zero-order valence-electron chi connectivity index (χ0n) is 12.3. The molecule has 0 aliphatic carbocycles. The van der Waals surface area contributed by atoms with E-state index in [1.165, 1.54) is 22.3 Å². The van der Waals surface area contributed by atoms with Gasteiger partial charge in [0.25, 0.3) is 0 Å². The Morgan fingerprint density at radius 3 is 2.47 bits per heavy atom. The van der Waals surface area contributed by atoms with E-state index in [0.717, 1.165) is 18.6 Å². The Bertz CT molecular complexity index is 542. The summed E-state index contributed by atoms with van der Waals surface area (Å²) in [6.07, 6.45) is 3.87. The molecular weight excluding hydrogens is 234 g/mol. The Morgan fingerprint density at radius 2 is 1.95 bits per heavy atom. The van der Waals surface area contributed by atoms with Gasteiger partial charge in [-0.1, -0.05) is 32.0 Å². The fraction of sp³-hybridized carbons (Fsp3) is 0.412. The van der Waals surface area contributed by atoms with Crippen LogP contribution < -0.4 is 5.32 Å². The smallest absolute Gasteiger partial charge is 0.128 e. The van der Waals surface area contributed by atoms with E-state index in [1.54, 1.807) is 6.26 Å². The lowest BCUT2D eigenvalue weighted by molar-refractivity contribution is 0.459. The van der Waals surface area contributed by atoms with E-state index in [9.17, 15) is 0 Å². The molecule has 0 bridgehead atoms. The summed E-state index contributed by atoms with van der Waals surface area (Å²) >= 11 is 0. The van der Waals surface area contributed by atoms with Crippen molar-refractivity contribution in [2.75, 3.05) is 7.05 Å². The second kappa shape index (κ2) is 6.07. The predicted octanol–water partition coefficient (Wildman–Crippen LogP) is 4.02. The molecule has 0 radical (unpaired) electrons.